The molecule has 0 saturated heterocycles. The van der Waals surface area contributed by atoms with Gasteiger partial charge in [0.1, 0.15) is 11.8 Å². The zero-order valence-corrected chi connectivity index (χ0v) is 13.6. The lowest BCUT2D eigenvalue weighted by atomic mass is 10.1. The minimum absolute atomic E-state index is 0.194. The first-order valence-electron chi connectivity index (χ1n) is 8.04. The molecule has 1 aliphatic heterocycles. The Hall–Kier alpha value is -3.22. The number of nitrogens with zero attached hydrogens (tertiary/aromatic N) is 3. The molecule has 128 valence electrons. The van der Waals surface area contributed by atoms with Crippen molar-refractivity contribution in [1.82, 2.24) is 10.3 Å². The number of amides is 2. The molecule has 1 aromatic carbocycles. The summed E-state index contributed by atoms with van der Waals surface area (Å²) in [6, 6.07) is 14.2. The first kappa shape index (κ1) is 16.6. The number of carbonyl (C=O) groups is 2. The van der Waals surface area contributed by atoms with Crippen molar-refractivity contribution in [3.05, 3.63) is 60.4 Å². The van der Waals surface area contributed by atoms with Crippen molar-refractivity contribution in [3.63, 3.8) is 0 Å². The van der Waals surface area contributed by atoms with Gasteiger partial charge >= 0.3 is 0 Å². The minimum Gasteiger partial charge on any atom is -0.368 e. The lowest BCUT2D eigenvalue weighted by molar-refractivity contribution is -0.119. The second-order valence-corrected chi connectivity index (χ2v) is 5.68. The smallest absolute Gasteiger partial charge is 0.267 e. The standard InChI is InChI=1S/C18H19N5O2/c19-17(24)16-12-15(22-23(16)14-7-2-1-3-8-14)18(25)21-11-9-13-6-4-5-10-20-13/h1-8,10,16H,9,11-12H2,(H2,19,24)(H,21,25)/t16-/m0/s1. The Morgan fingerprint density at radius 1 is 1.16 bits per heavy atom. The highest BCUT2D eigenvalue weighted by Crippen LogP contribution is 2.24. The molecule has 1 aliphatic rings. The zero-order valence-electron chi connectivity index (χ0n) is 13.6. The van der Waals surface area contributed by atoms with Crippen molar-refractivity contribution in [2.75, 3.05) is 11.6 Å². The van der Waals surface area contributed by atoms with Gasteiger partial charge in [-0.15, -0.1) is 0 Å². The number of hydrogen-bond acceptors (Lipinski definition) is 5. The maximum atomic E-state index is 12.3. The van der Waals surface area contributed by atoms with Gasteiger partial charge in [0.2, 0.25) is 5.91 Å². The highest BCUT2D eigenvalue weighted by atomic mass is 16.2. The number of nitrogens with one attached hydrogen (secondary N) is 1. The summed E-state index contributed by atoms with van der Waals surface area (Å²) in [7, 11) is 0. The highest BCUT2D eigenvalue weighted by Gasteiger charge is 2.34. The molecule has 0 radical (unpaired) electrons. The number of primary amides is 1. The van der Waals surface area contributed by atoms with Gasteiger partial charge in [-0.2, -0.15) is 5.10 Å². The number of nitrogens with two attached hydrogens (primary N) is 1. The summed E-state index contributed by atoms with van der Waals surface area (Å²) in [5.41, 5.74) is 7.39. The minimum atomic E-state index is -0.654. The predicted molar refractivity (Wildman–Crippen MR) is 94.9 cm³/mol. The van der Waals surface area contributed by atoms with E-state index in [2.05, 4.69) is 15.4 Å². The average Bonchev–Trinajstić information content (AvgIpc) is 3.09. The third-order valence-corrected chi connectivity index (χ3v) is 3.91. The van der Waals surface area contributed by atoms with Crippen LogP contribution in [0, 0.1) is 0 Å². The van der Waals surface area contributed by atoms with Crippen LogP contribution in [0.2, 0.25) is 0 Å². The Bertz CT molecular complexity index is 777. The van der Waals surface area contributed by atoms with Gasteiger partial charge in [0.05, 0.1) is 5.69 Å². The fourth-order valence-electron chi connectivity index (χ4n) is 2.64. The van der Waals surface area contributed by atoms with E-state index in [0.717, 1.165) is 11.4 Å². The molecular formula is C18H19N5O2. The summed E-state index contributed by atoms with van der Waals surface area (Å²) >= 11 is 0. The fourth-order valence-corrected chi connectivity index (χ4v) is 2.64. The van der Waals surface area contributed by atoms with Gasteiger partial charge in [-0.25, -0.2) is 0 Å². The van der Waals surface area contributed by atoms with E-state index in [1.54, 1.807) is 6.20 Å². The van der Waals surface area contributed by atoms with Gasteiger partial charge in [-0.1, -0.05) is 24.3 Å². The molecule has 2 aromatic rings. The number of hydrazone groups is 1. The molecular weight excluding hydrogens is 318 g/mol. The van der Waals surface area contributed by atoms with E-state index >= 15 is 0 Å². The van der Waals surface area contributed by atoms with E-state index in [4.69, 9.17) is 5.73 Å². The summed E-state index contributed by atoms with van der Waals surface area (Å²) < 4.78 is 0. The van der Waals surface area contributed by atoms with Crippen LogP contribution in [0.4, 0.5) is 5.69 Å². The number of pyridine rings is 1. The van der Waals surface area contributed by atoms with Crippen molar-refractivity contribution >= 4 is 23.2 Å². The van der Waals surface area contributed by atoms with Crippen LogP contribution in [0.5, 0.6) is 0 Å². The SMILES string of the molecule is NC(=O)[C@@H]1CC(C(=O)NCCc2ccccn2)=NN1c1ccccc1. The van der Waals surface area contributed by atoms with Crippen molar-refractivity contribution in [3.8, 4) is 0 Å². The van der Waals surface area contributed by atoms with Crippen LogP contribution >= 0.6 is 0 Å². The summed E-state index contributed by atoms with van der Waals surface area (Å²) in [4.78, 5) is 28.3. The van der Waals surface area contributed by atoms with Crippen LogP contribution in [0.25, 0.3) is 0 Å². The average molecular weight is 337 g/mol. The first-order valence-corrected chi connectivity index (χ1v) is 8.04. The molecule has 0 spiro atoms. The summed E-state index contributed by atoms with van der Waals surface area (Å²) in [6.07, 6.45) is 2.54. The molecule has 0 aliphatic carbocycles. The lowest BCUT2D eigenvalue weighted by Crippen LogP contribution is -2.40. The molecule has 1 aromatic heterocycles. The van der Waals surface area contributed by atoms with Crippen molar-refractivity contribution in [2.24, 2.45) is 10.8 Å². The quantitative estimate of drug-likeness (QED) is 0.816. The Labute approximate surface area is 145 Å². The van der Waals surface area contributed by atoms with E-state index in [-0.39, 0.29) is 12.3 Å². The summed E-state index contributed by atoms with van der Waals surface area (Å²) in [5.74, 6) is -0.801. The molecule has 3 rings (SSSR count). The third kappa shape index (κ3) is 4.00. The van der Waals surface area contributed by atoms with Crippen molar-refractivity contribution in [1.29, 1.82) is 0 Å². The normalized spacial score (nSPS) is 16.4. The van der Waals surface area contributed by atoms with Crippen molar-refractivity contribution < 1.29 is 9.59 Å². The van der Waals surface area contributed by atoms with E-state index in [0.29, 0.717) is 18.7 Å². The number of anilines is 1. The van der Waals surface area contributed by atoms with Gasteiger partial charge in [-0.05, 0) is 24.3 Å². The number of carbonyl (C=O) groups excluding carboxylic acids is 2. The van der Waals surface area contributed by atoms with E-state index in [1.807, 2.05) is 48.5 Å². The Balaban J connectivity index is 1.65. The zero-order chi connectivity index (χ0) is 17.6. The molecule has 0 fully saturated rings. The van der Waals surface area contributed by atoms with Gasteiger partial charge < -0.3 is 11.1 Å². The second kappa shape index (κ2) is 7.57. The molecule has 1 atom stereocenters. The molecule has 25 heavy (non-hydrogen) atoms. The lowest BCUT2D eigenvalue weighted by Gasteiger charge is -2.20. The monoisotopic (exact) mass is 337 g/mol. The largest absolute Gasteiger partial charge is 0.368 e. The van der Waals surface area contributed by atoms with Crippen molar-refractivity contribution in [2.45, 2.75) is 18.9 Å². The maximum absolute atomic E-state index is 12.3. The van der Waals surface area contributed by atoms with E-state index in [1.165, 1.54) is 5.01 Å². The van der Waals surface area contributed by atoms with Gasteiger partial charge in [0.25, 0.3) is 5.91 Å². The summed E-state index contributed by atoms with van der Waals surface area (Å²) in [5, 5.41) is 8.63. The maximum Gasteiger partial charge on any atom is 0.267 e. The number of para-hydroxylation sites is 1. The topological polar surface area (TPSA) is 101 Å². The number of benzene rings is 1. The van der Waals surface area contributed by atoms with Crippen LogP contribution < -0.4 is 16.1 Å². The van der Waals surface area contributed by atoms with Crippen LogP contribution in [0.3, 0.4) is 0 Å². The molecule has 0 saturated carbocycles. The molecule has 0 unspecified atom stereocenters. The van der Waals surface area contributed by atoms with Gasteiger partial charge in [0.15, 0.2) is 0 Å². The summed E-state index contributed by atoms with van der Waals surface area (Å²) in [6.45, 7) is 0.446. The highest BCUT2D eigenvalue weighted by molar-refractivity contribution is 6.40. The molecule has 7 heteroatoms. The molecule has 7 nitrogen and oxygen atoms in total. The van der Waals surface area contributed by atoms with Crippen LogP contribution in [0.15, 0.2) is 59.8 Å². The molecule has 3 N–H and O–H groups in total. The fraction of sp³-hybridized carbons (Fsp3) is 0.222. The van der Waals surface area contributed by atoms with Crippen LogP contribution in [0.1, 0.15) is 12.1 Å². The Morgan fingerprint density at radius 2 is 1.92 bits per heavy atom. The Kier molecular flexibility index (Phi) is 5.03. The van der Waals surface area contributed by atoms with Crippen LogP contribution in [-0.4, -0.2) is 35.1 Å². The molecule has 0 bridgehead atoms. The first-order chi connectivity index (χ1) is 12.1. The predicted octanol–water partition coefficient (Wildman–Crippen LogP) is 0.861. The van der Waals surface area contributed by atoms with Gasteiger partial charge in [0, 0.05) is 31.3 Å². The van der Waals surface area contributed by atoms with Crippen LogP contribution in [-0.2, 0) is 16.0 Å². The number of aromatic nitrogens is 1. The molecule has 2 heterocycles. The number of rotatable bonds is 6. The third-order valence-electron chi connectivity index (χ3n) is 3.91. The molecule has 2 amide bonds. The van der Waals surface area contributed by atoms with E-state index < -0.39 is 11.9 Å². The van der Waals surface area contributed by atoms with E-state index in [9.17, 15) is 9.59 Å². The Morgan fingerprint density at radius 3 is 2.60 bits per heavy atom. The van der Waals surface area contributed by atoms with Gasteiger partial charge in [-0.3, -0.25) is 19.6 Å². The number of hydrogen-bond donors (Lipinski definition) is 2. The second-order valence-electron chi connectivity index (χ2n) is 5.68.